The summed E-state index contributed by atoms with van der Waals surface area (Å²) >= 11 is 0. The normalized spacial score (nSPS) is 11.4. The van der Waals surface area contributed by atoms with Crippen molar-refractivity contribution in [2.75, 3.05) is 5.73 Å². The molecular formula is C18H10F7N. The minimum absolute atomic E-state index is 0.164. The molecule has 136 valence electrons. The Kier molecular flexibility index (Phi) is 4.09. The molecule has 1 nitrogen and oxygen atoms in total. The van der Waals surface area contributed by atoms with Gasteiger partial charge in [-0.25, -0.2) is 30.7 Å². The van der Waals surface area contributed by atoms with E-state index in [1.807, 2.05) is 0 Å². The molecule has 26 heavy (non-hydrogen) atoms. The van der Waals surface area contributed by atoms with Gasteiger partial charge in [0.05, 0.1) is 5.39 Å². The van der Waals surface area contributed by atoms with Crippen molar-refractivity contribution >= 4 is 16.5 Å². The molecule has 8 heteroatoms. The zero-order valence-corrected chi connectivity index (χ0v) is 13.4. The van der Waals surface area contributed by atoms with Crippen molar-refractivity contribution in [3.8, 4) is 11.1 Å². The van der Waals surface area contributed by atoms with E-state index in [1.165, 1.54) is 26.0 Å². The van der Waals surface area contributed by atoms with Gasteiger partial charge in [0.1, 0.15) is 0 Å². The van der Waals surface area contributed by atoms with Crippen molar-refractivity contribution in [2.24, 2.45) is 0 Å². The van der Waals surface area contributed by atoms with Gasteiger partial charge in [-0.2, -0.15) is 0 Å². The van der Waals surface area contributed by atoms with Crippen molar-refractivity contribution in [1.29, 1.82) is 0 Å². The smallest absolute Gasteiger partial charge is 0.198 e. The third-order valence-corrected chi connectivity index (χ3v) is 4.44. The van der Waals surface area contributed by atoms with E-state index in [4.69, 9.17) is 5.73 Å². The number of nitrogens with two attached hydrogens (primary N) is 1. The fraction of sp³-hybridized carbons (Fsp3) is 0.111. The maximum Gasteiger partial charge on any atom is 0.198 e. The Balaban J connectivity index is 2.66. The Morgan fingerprint density at radius 3 is 1.58 bits per heavy atom. The minimum Gasteiger partial charge on any atom is -0.399 e. The lowest BCUT2D eigenvalue weighted by molar-refractivity contribution is 0.411. The molecule has 0 aliphatic rings. The molecule has 0 saturated carbocycles. The van der Waals surface area contributed by atoms with Crippen molar-refractivity contribution < 1.29 is 30.7 Å². The van der Waals surface area contributed by atoms with Crippen molar-refractivity contribution in [1.82, 2.24) is 0 Å². The fourth-order valence-corrected chi connectivity index (χ4v) is 2.86. The number of benzene rings is 3. The molecule has 3 rings (SSSR count). The highest BCUT2D eigenvalue weighted by atomic mass is 19.2. The van der Waals surface area contributed by atoms with E-state index in [2.05, 4.69) is 0 Å². The van der Waals surface area contributed by atoms with Gasteiger partial charge < -0.3 is 5.73 Å². The number of halogens is 7. The molecule has 0 heterocycles. The molecular weight excluding hydrogens is 363 g/mol. The van der Waals surface area contributed by atoms with Crippen LogP contribution in [0.3, 0.4) is 0 Å². The molecule has 0 bridgehead atoms. The molecule has 0 aliphatic heterocycles. The molecule has 0 amide bonds. The average Bonchev–Trinajstić information content (AvgIpc) is 2.61. The van der Waals surface area contributed by atoms with E-state index >= 15 is 0 Å². The number of hydrogen-bond acceptors (Lipinski definition) is 1. The van der Waals surface area contributed by atoms with E-state index in [9.17, 15) is 30.7 Å². The third-order valence-electron chi connectivity index (χ3n) is 4.44. The largest absolute Gasteiger partial charge is 0.399 e. The standard InChI is InChI=1S/C18H10F7N/c1-5-6(2)8(26)4-3-7(5)9-10-11(14(21)16(23)12(9)19)15(22)18(25)17(24)13(10)20/h3-4H,26H2,1-2H3. The number of anilines is 1. The molecule has 3 aromatic carbocycles. The molecule has 0 spiro atoms. The topological polar surface area (TPSA) is 26.0 Å². The van der Waals surface area contributed by atoms with Gasteiger partial charge in [-0.15, -0.1) is 0 Å². The summed E-state index contributed by atoms with van der Waals surface area (Å²) in [5.74, 6) is -14.9. The van der Waals surface area contributed by atoms with Crippen LogP contribution >= 0.6 is 0 Å². The van der Waals surface area contributed by atoms with E-state index in [0.29, 0.717) is 5.56 Å². The van der Waals surface area contributed by atoms with Crippen LogP contribution in [0.2, 0.25) is 0 Å². The predicted molar refractivity (Wildman–Crippen MR) is 83.0 cm³/mol. The summed E-state index contributed by atoms with van der Waals surface area (Å²) in [5.41, 5.74) is 5.56. The summed E-state index contributed by atoms with van der Waals surface area (Å²) < 4.78 is 98.0. The molecule has 0 atom stereocenters. The summed E-state index contributed by atoms with van der Waals surface area (Å²) in [6.07, 6.45) is 0. The van der Waals surface area contributed by atoms with Crippen molar-refractivity contribution in [3.63, 3.8) is 0 Å². The first-order chi connectivity index (χ1) is 12.1. The van der Waals surface area contributed by atoms with Gasteiger partial charge in [-0.3, -0.25) is 0 Å². The lowest BCUT2D eigenvalue weighted by Crippen LogP contribution is -2.07. The first kappa shape index (κ1) is 18.0. The highest BCUT2D eigenvalue weighted by Gasteiger charge is 2.31. The molecule has 0 fully saturated rings. The molecule has 2 N–H and O–H groups in total. The summed E-state index contributed by atoms with van der Waals surface area (Å²) in [5, 5.41) is -2.74. The fourth-order valence-electron chi connectivity index (χ4n) is 2.86. The van der Waals surface area contributed by atoms with Crippen LogP contribution in [0.15, 0.2) is 12.1 Å². The first-order valence-corrected chi connectivity index (χ1v) is 7.27. The van der Waals surface area contributed by atoms with Crippen LogP contribution < -0.4 is 5.73 Å². The van der Waals surface area contributed by atoms with Gasteiger partial charge in [0, 0.05) is 16.6 Å². The second-order valence-electron chi connectivity index (χ2n) is 5.78. The quantitative estimate of drug-likeness (QED) is 0.253. The lowest BCUT2D eigenvalue weighted by atomic mass is 9.91. The van der Waals surface area contributed by atoms with Gasteiger partial charge in [0.2, 0.25) is 0 Å². The van der Waals surface area contributed by atoms with Crippen molar-refractivity contribution in [3.05, 3.63) is 64.0 Å². The molecule has 0 aromatic heterocycles. The summed E-state index contributed by atoms with van der Waals surface area (Å²) in [4.78, 5) is 0. The average molecular weight is 373 g/mol. The lowest BCUT2D eigenvalue weighted by Gasteiger charge is -2.17. The maximum atomic E-state index is 14.5. The zero-order chi connectivity index (χ0) is 19.5. The van der Waals surface area contributed by atoms with Gasteiger partial charge in [-0.05, 0) is 36.6 Å². The van der Waals surface area contributed by atoms with E-state index in [-0.39, 0.29) is 16.8 Å². The van der Waals surface area contributed by atoms with Crippen molar-refractivity contribution in [2.45, 2.75) is 13.8 Å². The summed E-state index contributed by atoms with van der Waals surface area (Å²) in [6.45, 7) is 2.97. The highest BCUT2D eigenvalue weighted by molar-refractivity contribution is 5.99. The van der Waals surface area contributed by atoms with Crippen LogP contribution in [0.25, 0.3) is 21.9 Å². The zero-order valence-electron chi connectivity index (χ0n) is 13.4. The van der Waals surface area contributed by atoms with Crippen LogP contribution in [0.1, 0.15) is 11.1 Å². The maximum absolute atomic E-state index is 14.5. The molecule has 3 aromatic rings. The Morgan fingerprint density at radius 2 is 1.04 bits per heavy atom. The van der Waals surface area contributed by atoms with Gasteiger partial charge in [0.25, 0.3) is 0 Å². The Morgan fingerprint density at radius 1 is 0.577 bits per heavy atom. The molecule has 0 unspecified atom stereocenters. The minimum atomic E-state index is -2.32. The molecule has 0 saturated heterocycles. The summed E-state index contributed by atoms with van der Waals surface area (Å²) in [7, 11) is 0. The Labute approximate surface area is 142 Å². The second kappa shape index (κ2) is 5.89. The third kappa shape index (κ3) is 2.24. The Bertz CT molecular complexity index is 1080. The van der Waals surface area contributed by atoms with E-state index < -0.39 is 57.1 Å². The van der Waals surface area contributed by atoms with Crippen LogP contribution in [0, 0.1) is 54.6 Å². The predicted octanol–water partition coefficient (Wildman–Crippen LogP) is 5.68. The van der Waals surface area contributed by atoms with Crippen LogP contribution in [-0.2, 0) is 0 Å². The number of rotatable bonds is 1. The first-order valence-electron chi connectivity index (χ1n) is 7.27. The van der Waals surface area contributed by atoms with E-state index in [0.717, 1.165) is 0 Å². The second-order valence-corrected chi connectivity index (χ2v) is 5.78. The van der Waals surface area contributed by atoms with Gasteiger partial charge >= 0.3 is 0 Å². The highest BCUT2D eigenvalue weighted by Crippen LogP contribution is 2.41. The molecule has 0 aliphatic carbocycles. The van der Waals surface area contributed by atoms with E-state index in [1.54, 1.807) is 0 Å². The summed E-state index contributed by atoms with van der Waals surface area (Å²) in [6, 6.07) is 2.46. The van der Waals surface area contributed by atoms with Gasteiger partial charge in [-0.1, -0.05) is 6.07 Å². The SMILES string of the molecule is Cc1c(N)ccc(-c2c(F)c(F)c(F)c3c(F)c(F)c(F)c(F)c23)c1C. The van der Waals surface area contributed by atoms with Crippen LogP contribution in [-0.4, -0.2) is 0 Å². The molecule has 0 radical (unpaired) electrons. The van der Waals surface area contributed by atoms with Crippen LogP contribution in [0.5, 0.6) is 0 Å². The number of nitrogen functional groups attached to an aromatic ring is 1. The van der Waals surface area contributed by atoms with Gasteiger partial charge in [0.15, 0.2) is 40.7 Å². The number of hydrogen-bond donors (Lipinski definition) is 1. The monoisotopic (exact) mass is 373 g/mol. The Hall–Kier alpha value is -2.77. The van der Waals surface area contributed by atoms with Crippen LogP contribution in [0.4, 0.5) is 36.4 Å². The number of fused-ring (bicyclic) bond motifs is 1.